The van der Waals surface area contributed by atoms with Crippen molar-refractivity contribution in [1.29, 1.82) is 0 Å². The molecule has 2 rings (SSSR count). The molecule has 0 aliphatic carbocycles. The van der Waals surface area contributed by atoms with Crippen molar-refractivity contribution < 1.29 is 9.13 Å². The van der Waals surface area contributed by atoms with Gasteiger partial charge < -0.3 is 4.74 Å². The van der Waals surface area contributed by atoms with Crippen LogP contribution in [0.1, 0.15) is 5.56 Å². The molecule has 0 aliphatic heterocycles. The van der Waals surface area contributed by atoms with Crippen molar-refractivity contribution in [3.05, 3.63) is 64.9 Å². The first-order valence-electron chi connectivity index (χ1n) is 4.87. The molecule has 0 N–H and O–H groups in total. The molecule has 1 nitrogen and oxygen atoms in total. The van der Waals surface area contributed by atoms with E-state index in [4.69, 9.17) is 16.3 Å². The molecule has 0 amide bonds. The van der Waals surface area contributed by atoms with Gasteiger partial charge in [0.05, 0.1) is 0 Å². The second kappa shape index (κ2) is 4.99. The van der Waals surface area contributed by atoms with Gasteiger partial charge in [-0.1, -0.05) is 29.8 Å². The van der Waals surface area contributed by atoms with Crippen LogP contribution in [0.2, 0.25) is 5.02 Å². The van der Waals surface area contributed by atoms with Crippen molar-refractivity contribution in [3.63, 3.8) is 0 Å². The molecule has 0 aliphatic rings. The highest BCUT2D eigenvalue weighted by atomic mass is 35.5. The first kappa shape index (κ1) is 11.0. The molecule has 3 heteroatoms. The Hall–Kier alpha value is -1.54. The van der Waals surface area contributed by atoms with E-state index in [0.717, 1.165) is 5.56 Å². The van der Waals surface area contributed by atoms with Crippen LogP contribution in [0.25, 0.3) is 0 Å². The highest BCUT2D eigenvalue weighted by Gasteiger charge is 1.98. The third kappa shape index (κ3) is 2.97. The number of hydrogen-bond donors (Lipinski definition) is 0. The Morgan fingerprint density at radius 3 is 2.62 bits per heavy atom. The maximum atomic E-state index is 12.9. The summed E-state index contributed by atoms with van der Waals surface area (Å²) in [6, 6.07) is 13.4. The second-order valence-corrected chi connectivity index (χ2v) is 3.81. The van der Waals surface area contributed by atoms with Crippen LogP contribution in [0.5, 0.6) is 5.75 Å². The summed E-state index contributed by atoms with van der Waals surface area (Å²) in [6.45, 7) is 0.379. The quantitative estimate of drug-likeness (QED) is 0.781. The fourth-order valence-corrected chi connectivity index (χ4v) is 1.56. The topological polar surface area (TPSA) is 9.23 Å². The minimum absolute atomic E-state index is 0.302. The normalized spacial score (nSPS) is 10.1. The summed E-state index contributed by atoms with van der Waals surface area (Å²) < 4.78 is 18.3. The van der Waals surface area contributed by atoms with Crippen LogP contribution in [0.4, 0.5) is 4.39 Å². The van der Waals surface area contributed by atoms with E-state index in [-0.39, 0.29) is 5.82 Å². The molecule has 0 radical (unpaired) electrons. The van der Waals surface area contributed by atoms with Gasteiger partial charge in [0, 0.05) is 11.1 Å². The Morgan fingerprint density at radius 1 is 1.06 bits per heavy atom. The van der Waals surface area contributed by atoms with Gasteiger partial charge in [-0.05, 0) is 29.8 Å². The van der Waals surface area contributed by atoms with Gasteiger partial charge >= 0.3 is 0 Å². The lowest BCUT2D eigenvalue weighted by atomic mass is 10.2. The monoisotopic (exact) mass is 236 g/mol. The van der Waals surface area contributed by atoms with Crippen molar-refractivity contribution in [2.75, 3.05) is 0 Å². The zero-order valence-electron chi connectivity index (χ0n) is 8.49. The first-order valence-corrected chi connectivity index (χ1v) is 5.25. The summed E-state index contributed by atoms with van der Waals surface area (Å²) in [5.41, 5.74) is 0.955. The van der Waals surface area contributed by atoms with Crippen molar-refractivity contribution in [1.82, 2.24) is 0 Å². The molecular formula is C13H10ClFO. The van der Waals surface area contributed by atoms with Crippen LogP contribution in [0.3, 0.4) is 0 Å². The van der Waals surface area contributed by atoms with Gasteiger partial charge in [-0.2, -0.15) is 0 Å². The zero-order chi connectivity index (χ0) is 11.4. The van der Waals surface area contributed by atoms with Crippen molar-refractivity contribution >= 4 is 11.6 Å². The molecule has 0 saturated heterocycles. The lowest BCUT2D eigenvalue weighted by molar-refractivity contribution is 0.304. The highest BCUT2D eigenvalue weighted by Crippen LogP contribution is 2.16. The third-order valence-electron chi connectivity index (χ3n) is 2.09. The third-order valence-corrected chi connectivity index (χ3v) is 2.33. The largest absolute Gasteiger partial charge is 0.489 e. The van der Waals surface area contributed by atoms with Gasteiger partial charge in [0.25, 0.3) is 0 Å². The average Bonchev–Trinajstić information content (AvgIpc) is 2.27. The molecule has 0 spiro atoms. The molecule has 0 aromatic heterocycles. The number of rotatable bonds is 3. The van der Waals surface area contributed by atoms with Gasteiger partial charge in [0.1, 0.15) is 18.2 Å². The first-order chi connectivity index (χ1) is 7.74. The highest BCUT2D eigenvalue weighted by molar-refractivity contribution is 6.30. The van der Waals surface area contributed by atoms with E-state index in [1.54, 1.807) is 18.2 Å². The minimum atomic E-state index is -0.302. The number of ether oxygens (including phenoxy) is 1. The molecule has 0 atom stereocenters. The van der Waals surface area contributed by atoms with Gasteiger partial charge in [0.15, 0.2) is 0 Å². The molecule has 0 fully saturated rings. The standard InChI is InChI=1S/C13H10ClFO/c14-11-4-1-3-10(7-11)9-16-13-6-2-5-12(15)8-13/h1-8H,9H2. The van der Waals surface area contributed by atoms with E-state index in [1.165, 1.54) is 12.1 Å². The van der Waals surface area contributed by atoms with Crippen molar-refractivity contribution in [2.45, 2.75) is 6.61 Å². The summed E-state index contributed by atoms with van der Waals surface area (Å²) in [7, 11) is 0. The summed E-state index contributed by atoms with van der Waals surface area (Å²) in [4.78, 5) is 0. The Balaban J connectivity index is 2.02. The number of benzene rings is 2. The maximum Gasteiger partial charge on any atom is 0.126 e. The summed E-state index contributed by atoms with van der Waals surface area (Å²) in [5, 5.41) is 0.667. The van der Waals surface area contributed by atoms with E-state index < -0.39 is 0 Å². The van der Waals surface area contributed by atoms with Gasteiger partial charge in [-0.15, -0.1) is 0 Å². The van der Waals surface area contributed by atoms with Gasteiger partial charge in [0.2, 0.25) is 0 Å². The summed E-state index contributed by atoms with van der Waals surface area (Å²) >= 11 is 5.84. The molecule has 0 bridgehead atoms. The molecule has 2 aromatic rings. The van der Waals surface area contributed by atoms with Gasteiger partial charge in [-0.3, -0.25) is 0 Å². The molecule has 0 heterocycles. The van der Waals surface area contributed by atoms with Crippen LogP contribution in [0, 0.1) is 5.82 Å². The van der Waals surface area contributed by atoms with E-state index in [2.05, 4.69) is 0 Å². The second-order valence-electron chi connectivity index (χ2n) is 3.38. The van der Waals surface area contributed by atoms with Crippen LogP contribution in [0.15, 0.2) is 48.5 Å². The van der Waals surface area contributed by atoms with Crippen LogP contribution in [-0.4, -0.2) is 0 Å². The lowest BCUT2D eigenvalue weighted by Gasteiger charge is -2.06. The number of hydrogen-bond acceptors (Lipinski definition) is 1. The lowest BCUT2D eigenvalue weighted by Crippen LogP contribution is -1.95. The minimum Gasteiger partial charge on any atom is -0.489 e. The fourth-order valence-electron chi connectivity index (χ4n) is 1.35. The van der Waals surface area contributed by atoms with Crippen molar-refractivity contribution in [2.24, 2.45) is 0 Å². The predicted molar refractivity (Wildman–Crippen MR) is 62.2 cm³/mol. The molecule has 2 aromatic carbocycles. The van der Waals surface area contributed by atoms with E-state index in [9.17, 15) is 4.39 Å². The Morgan fingerprint density at radius 2 is 1.88 bits per heavy atom. The SMILES string of the molecule is Fc1cccc(OCc2cccc(Cl)c2)c1. The molecule has 0 unspecified atom stereocenters. The maximum absolute atomic E-state index is 12.9. The molecule has 0 saturated carbocycles. The fraction of sp³-hybridized carbons (Fsp3) is 0.0769. The van der Waals surface area contributed by atoms with Crippen LogP contribution < -0.4 is 4.74 Å². The molecule has 82 valence electrons. The summed E-state index contributed by atoms with van der Waals surface area (Å²) in [6.07, 6.45) is 0. The molecular weight excluding hydrogens is 227 g/mol. The zero-order valence-corrected chi connectivity index (χ0v) is 9.25. The van der Waals surface area contributed by atoms with Gasteiger partial charge in [-0.25, -0.2) is 4.39 Å². The number of halogens is 2. The van der Waals surface area contributed by atoms with E-state index >= 15 is 0 Å². The Labute approximate surface area is 98.4 Å². The summed E-state index contributed by atoms with van der Waals surface area (Å²) in [5.74, 6) is 0.212. The smallest absolute Gasteiger partial charge is 0.126 e. The van der Waals surface area contributed by atoms with E-state index in [1.807, 2.05) is 18.2 Å². The van der Waals surface area contributed by atoms with E-state index in [0.29, 0.717) is 17.4 Å². The Bertz CT molecular complexity index is 439. The molecule has 16 heavy (non-hydrogen) atoms. The van der Waals surface area contributed by atoms with Crippen LogP contribution >= 0.6 is 11.6 Å². The van der Waals surface area contributed by atoms with Crippen LogP contribution in [-0.2, 0) is 6.61 Å². The van der Waals surface area contributed by atoms with Crippen molar-refractivity contribution in [3.8, 4) is 5.75 Å². The Kier molecular flexibility index (Phi) is 3.42. The average molecular weight is 237 g/mol. The predicted octanol–water partition coefficient (Wildman–Crippen LogP) is 4.06.